The van der Waals surface area contributed by atoms with E-state index in [9.17, 15) is 0 Å². The van der Waals surface area contributed by atoms with E-state index in [0.717, 1.165) is 11.3 Å². The Balaban J connectivity index is 2.21. The minimum atomic E-state index is 0.489. The minimum absolute atomic E-state index is 0.489. The van der Waals surface area contributed by atoms with E-state index in [0.29, 0.717) is 5.88 Å². The zero-order valence-corrected chi connectivity index (χ0v) is 13.2. The van der Waals surface area contributed by atoms with E-state index in [-0.39, 0.29) is 0 Å². The van der Waals surface area contributed by atoms with Crippen LogP contribution in [0.3, 0.4) is 0 Å². The highest BCUT2D eigenvalue weighted by Crippen LogP contribution is 2.34. The van der Waals surface area contributed by atoms with Crippen LogP contribution in [0.15, 0.2) is 57.2 Å². The molecular formula is C15H15ClOS2. The van der Waals surface area contributed by atoms with Crippen LogP contribution in [0.4, 0.5) is 0 Å². The molecule has 0 fully saturated rings. The van der Waals surface area contributed by atoms with Gasteiger partial charge in [-0.05, 0) is 54.3 Å². The summed E-state index contributed by atoms with van der Waals surface area (Å²) in [7, 11) is 1.67. The largest absolute Gasteiger partial charge is 0.497 e. The van der Waals surface area contributed by atoms with Crippen molar-refractivity contribution in [2.24, 2.45) is 0 Å². The maximum absolute atomic E-state index is 6.00. The van der Waals surface area contributed by atoms with Crippen molar-refractivity contribution in [2.45, 2.75) is 20.6 Å². The van der Waals surface area contributed by atoms with Gasteiger partial charge in [0.1, 0.15) is 5.75 Å². The molecule has 2 aromatic rings. The van der Waals surface area contributed by atoms with Crippen LogP contribution in [-0.2, 0) is 5.88 Å². The third-order valence-electron chi connectivity index (χ3n) is 2.70. The van der Waals surface area contributed by atoms with Gasteiger partial charge in [0.05, 0.1) is 7.11 Å². The molecule has 0 saturated heterocycles. The predicted molar refractivity (Wildman–Crippen MR) is 84.9 cm³/mol. The Bertz CT molecular complexity index is 540. The first-order valence-electron chi connectivity index (χ1n) is 5.81. The van der Waals surface area contributed by atoms with Crippen molar-refractivity contribution in [3.05, 3.63) is 48.0 Å². The van der Waals surface area contributed by atoms with Gasteiger partial charge in [-0.2, -0.15) is 0 Å². The Morgan fingerprint density at radius 1 is 1.05 bits per heavy atom. The molecule has 0 spiro atoms. The molecule has 19 heavy (non-hydrogen) atoms. The average Bonchev–Trinajstić information content (AvgIpc) is 2.48. The number of halogens is 1. The fraction of sp³-hybridized carbons (Fsp3) is 0.200. The molecule has 100 valence electrons. The van der Waals surface area contributed by atoms with Gasteiger partial charge in [0.25, 0.3) is 0 Å². The van der Waals surface area contributed by atoms with Gasteiger partial charge < -0.3 is 4.74 Å². The van der Waals surface area contributed by atoms with Crippen molar-refractivity contribution in [3.63, 3.8) is 0 Å². The Labute approximate surface area is 127 Å². The van der Waals surface area contributed by atoms with Gasteiger partial charge in [-0.15, -0.1) is 23.4 Å². The van der Waals surface area contributed by atoms with Gasteiger partial charge in [-0.3, -0.25) is 0 Å². The zero-order chi connectivity index (χ0) is 13.7. The van der Waals surface area contributed by atoms with Gasteiger partial charge in [-0.25, -0.2) is 0 Å². The molecule has 0 radical (unpaired) electrons. The topological polar surface area (TPSA) is 9.23 Å². The summed E-state index contributed by atoms with van der Waals surface area (Å²) in [5, 5.41) is 0. The Kier molecular flexibility index (Phi) is 5.49. The van der Waals surface area contributed by atoms with Crippen molar-refractivity contribution < 1.29 is 4.74 Å². The summed E-state index contributed by atoms with van der Waals surface area (Å²) in [6, 6.07) is 14.6. The van der Waals surface area contributed by atoms with Crippen molar-refractivity contribution in [2.75, 3.05) is 13.4 Å². The summed E-state index contributed by atoms with van der Waals surface area (Å²) in [6.07, 6.45) is 2.08. The highest BCUT2D eigenvalue weighted by molar-refractivity contribution is 7.99. The Morgan fingerprint density at radius 3 is 2.32 bits per heavy atom. The first kappa shape index (κ1) is 14.6. The zero-order valence-electron chi connectivity index (χ0n) is 10.9. The molecule has 0 amide bonds. The smallest absolute Gasteiger partial charge is 0.119 e. The summed E-state index contributed by atoms with van der Waals surface area (Å²) in [5.74, 6) is 1.33. The molecule has 0 heterocycles. The van der Waals surface area contributed by atoms with Crippen molar-refractivity contribution in [1.29, 1.82) is 0 Å². The molecule has 0 aromatic heterocycles. The molecule has 0 unspecified atom stereocenters. The van der Waals surface area contributed by atoms with E-state index in [4.69, 9.17) is 16.3 Å². The quantitative estimate of drug-likeness (QED) is 0.547. The van der Waals surface area contributed by atoms with Gasteiger partial charge >= 0.3 is 0 Å². The highest BCUT2D eigenvalue weighted by atomic mass is 35.5. The van der Waals surface area contributed by atoms with Crippen molar-refractivity contribution >= 4 is 35.1 Å². The number of ether oxygens (including phenoxy) is 1. The standard InChI is InChI=1S/C15H15ClOS2/c1-17-12-3-8-15(11(9-12)10-16)19-14-6-4-13(18-2)5-7-14/h3-9H,10H2,1-2H3. The second-order valence-electron chi connectivity index (χ2n) is 3.88. The third-order valence-corrected chi connectivity index (χ3v) is 4.86. The minimum Gasteiger partial charge on any atom is -0.497 e. The number of rotatable bonds is 5. The molecule has 4 heteroatoms. The summed E-state index contributed by atoms with van der Waals surface area (Å²) in [6.45, 7) is 0. The van der Waals surface area contributed by atoms with Gasteiger partial charge in [0, 0.05) is 20.6 Å². The maximum Gasteiger partial charge on any atom is 0.119 e. The summed E-state index contributed by atoms with van der Waals surface area (Å²) >= 11 is 9.48. The summed E-state index contributed by atoms with van der Waals surface area (Å²) < 4.78 is 5.22. The molecular weight excluding hydrogens is 296 g/mol. The number of benzene rings is 2. The molecule has 2 aromatic carbocycles. The number of alkyl halides is 1. The summed E-state index contributed by atoms with van der Waals surface area (Å²) in [5.41, 5.74) is 1.10. The fourth-order valence-electron chi connectivity index (χ4n) is 1.66. The lowest BCUT2D eigenvalue weighted by Gasteiger charge is -2.09. The average molecular weight is 311 g/mol. The lowest BCUT2D eigenvalue weighted by Crippen LogP contribution is -1.88. The first-order valence-corrected chi connectivity index (χ1v) is 8.39. The van der Waals surface area contributed by atoms with E-state index in [2.05, 4.69) is 36.6 Å². The van der Waals surface area contributed by atoms with Crippen molar-refractivity contribution in [3.8, 4) is 5.75 Å². The second kappa shape index (κ2) is 7.13. The summed E-state index contributed by atoms with van der Waals surface area (Å²) in [4.78, 5) is 3.67. The molecule has 0 atom stereocenters. The first-order chi connectivity index (χ1) is 9.26. The predicted octanol–water partition coefficient (Wildman–Crippen LogP) is 5.31. The van der Waals surface area contributed by atoms with Crippen LogP contribution in [-0.4, -0.2) is 13.4 Å². The van der Waals surface area contributed by atoms with Crippen LogP contribution in [0, 0.1) is 0 Å². The van der Waals surface area contributed by atoms with E-state index in [1.807, 2.05) is 12.1 Å². The van der Waals surface area contributed by atoms with Crippen LogP contribution in [0.25, 0.3) is 0 Å². The Morgan fingerprint density at radius 2 is 1.74 bits per heavy atom. The molecule has 0 N–H and O–H groups in total. The van der Waals surface area contributed by atoms with Crippen LogP contribution < -0.4 is 4.74 Å². The normalized spacial score (nSPS) is 10.5. The van der Waals surface area contributed by atoms with Gasteiger partial charge in [0.15, 0.2) is 0 Å². The van der Waals surface area contributed by atoms with E-state index >= 15 is 0 Å². The molecule has 0 bridgehead atoms. The van der Waals surface area contributed by atoms with Crippen LogP contribution >= 0.6 is 35.1 Å². The van der Waals surface area contributed by atoms with Crippen LogP contribution in [0.1, 0.15) is 5.56 Å². The SMILES string of the molecule is COc1ccc(Sc2ccc(SC)cc2)c(CCl)c1. The molecule has 0 aliphatic rings. The number of hydrogen-bond acceptors (Lipinski definition) is 3. The highest BCUT2D eigenvalue weighted by Gasteiger charge is 2.06. The monoisotopic (exact) mass is 310 g/mol. The third kappa shape index (κ3) is 3.85. The molecule has 2 rings (SSSR count). The number of methoxy groups -OCH3 is 1. The Hall–Kier alpha value is -0.770. The van der Waals surface area contributed by atoms with Gasteiger partial charge in [-0.1, -0.05) is 11.8 Å². The van der Waals surface area contributed by atoms with Crippen LogP contribution in [0.2, 0.25) is 0 Å². The van der Waals surface area contributed by atoms with E-state index in [1.54, 1.807) is 30.6 Å². The molecule has 0 saturated carbocycles. The lowest BCUT2D eigenvalue weighted by molar-refractivity contribution is 0.414. The molecule has 0 aliphatic heterocycles. The van der Waals surface area contributed by atoms with Gasteiger partial charge in [0.2, 0.25) is 0 Å². The number of thioether (sulfide) groups is 1. The van der Waals surface area contributed by atoms with E-state index < -0.39 is 0 Å². The second-order valence-corrected chi connectivity index (χ2v) is 6.15. The molecule has 1 nitrogen and oxygen atoms in total. The molecule has 0 aliphatic carbocycles. The van der Waals surface area contributed by atoms with Crippen molar-refractivity contribution in [1.82, 2.24) is 0 Å². The van der Waals surface area contributed by atoms with Crippen LogP contribution in [0.5, 0.6) is 5.75 Å². The lowest BCUT2D eigenvalue weighted by atomic mass is 10.2. The fourth-order valence-corrected chi connectivity index (χ4v) is 3.29. The van der Waals surface area contributed by atoms with E-state index in [1.165, 1.54) is 14.7 Å². The maximum atomic E-state index is 6.00. The number of hydrogen-bond donors (Lipinski definition) is 0.